The minimum atomic E-state index is 0.678. The van der Waals surface area contributed by atoms with Crippen LogP contribution in [0.15, 0.2) is 18.2 Å². The first-order valence-electron chi connectivity index (χ1n) is 6.26. The Kier molecular flexibility index (Phi) is 2.60. The third-order valence-corrected chi connectivity index (χ3v) is 4.08. The lowest BCUT2D eigenvalue weighted by Crippen LogP contribution is -2.46. The van der Waals surface area contributed by atoms with Crippen molar-refractivity contribution in [1.29, 1.82) is 0 Å². The molecule has 2 nitrogen and oxygen atoms in total. The summed E-state index contributed by atoms with van der Waals surface area (Å²) in [6.07, 6.45) is 5.09. The molecule has 86 valence electrons. The largest absolute Gasteiger partial charge is 0.496 e. The molecule has 2 atom stereocenters. The van der Waals surface area contributed by atoms with Crippen molar-refractivity contribution in [2.75, 3.05) is 13.7 Å². The van der Waals surface area contributed by atoms with E-state index in [9.17, 15) is 0 Å². The average Bonchev–Trinajstić information content (AvgIpc) is 2.35. The van der Waals surface area contributed by atoms with Crippen LogP contribution >= 0.6 is 0 Å². The molecule has 0 bridgehead atoms. The molecule has 3 rings (SSSR count). The highest BCUT2D eigenvalue weighted by Gasteiger charge is 2.31. The van der Waals surface area contributed by atoms with E-state index in [0.717, 1.165) is 18.1 Å². The Bertz CT molecular complexity index is 388. The number of nitrogens with one attached hydrogen (secondary N) is 1. The van der Waals surface area contributed by atoms with E-state index in [-0.39, 0.29) is 0 Å². The summed E-state index contributed by atoms with van der Waals surface area (Å²) in [6.45, 7) is 1.19. The van der Waals surface area contributed by atoms with Crippen LogP contribution in [0.5, 0.6) is 5.75 Å². The molecule has 1 aromatic carbocycles. The van der Waals surface area contributed by atoms with Gasteiger partial charge in [-0.1, -0.05) is 12.1 Å². The van der Waals surface area contributed by atoms with Crippen LogP contribution in [0.25, 0.3) is 0 Å². The Morgan fingerprint density at radius 3 is 3.12 bits per heavy atom. The topological polar surface area (TPSA) is 21.3 Å². The molecule has 0 saturated carbocycles. The second-order valence-corrected chi connectivity index (χ2v) is 4.97. The highest BCUT2D eigenvalue weighted by atomic mass is 16.5. The first-order chi connectivity index (χ1) is 7.88. The van der Waals surface area contributed by atoms with Gasteiger partial charge in [0.1, 0.15) is 5.75 Å². The average molecular weight is 217 g/mol. The Morgan fingerprint density at radius 1 is 1.31 bits per heavy atom. The monoisotopic (exact) mass is 217 g/mol. The normalized spacial score (nSPS) is 28.1. The zero-order chi connectivity index (χ0) is 11.0. The van der Waals surface area contributed by atoms with Crippen molar-refractivity contribution in [3.8, 4) is 5.75 Å². The van der Waals surface area contributed by atoms with E-state index in [4.69, 9.17) is 4.74 Å². The van der Waals surface area contributed by atoms with Gasteiger partial charge in [0.05, 0.1) is 7.11 Å². The molecule has 1 fully saturated rings. The molecule has 2 aliphatic rings. The van der Waals surface area contributed by atoms with E-state index in [1.807, 2.05) is 0 Å². The van der Waals surface area contributed by atoms with E-state index in [0.29, 0.717) is 6.04 Å². The predicted molar refractivity (Wildman–Crippen MR) is 64.9 cm³/mol. The van der Waals surface area contributed by atoms with Gasteiger partial charge in [0.2, 0.25) is 0 Å². The third kappa shape index (κ3) is 1.61. The van der Waals surface area contributed by atoms with Gasteiger partial charge in [-0.15, -0.1) is 0 Å². The van der Waals surface area contributed by atoms with E-state index < -0.39 is 0 Å². The van der Waals surface area contributed by atoms with Gasteiger partial charge in [0.25, 0.3) is 0 Å². The first-order valence-corrected chi connectivity index (χ1v) is 6.26. The standard InChI is InChI=1S/C14H19NO/c1-16-14-6-2-4-10-8-11-5-3-7-15-13(11)9-12(10)14/h2,4,6,11,13,15H,3,5,7-9H2,1H3/t11-,13-/m1/s1. The zero-order valence-electron chi connectivity index (χ0n) is 9.83. The van der Waals surface area contributed by atoms with E-state index in [1.165, 1.54) is 36.9 Å². The Labute approximate surface area is 97.0 Å². The second kappa shape index (κ2) is 4.10. The van der Waals surface area contributed by atoms with E-state index in [1.54, 1.807) is 7.11 Å². The third-order valence-electron chi connectivity index (χ3n) is 4.08. The molecule has 16 heavy (non-hydrogen) atoms. The number of hydrogen-bond donors (Lipinski definition) is 1. The number of fused-ring (bicyclic) bond motifs is 2. The van der Waals surface area contributed by atoms with E-state index in [2.05, 4.69) is 23.5 Å². The summed E-state index contributed by atoms with van der Waals surface area (Å²) < 4.78 is 5.46. The summed E-state index contributed by atoms with van der Waals surface area (Å²) >= 11 is 0. The molecule has 0 aromatic heterocycles. The molecule has 0 radical (unpaired) electrons. The van der Waals surface area contributed by atoms with Gasteiger partial charge >= 0.3 is 0 Å². The van der Waals surface area contributed by atoms with Crippen LogP contribution in [0.2, 0.25) is 0 Å². The quantitative estimate of drug-likeness (QED) is 0.778. The molecule has 2 heteroatoms. The maximum absolute atomic E-state index is 5.46. The number of piperidine rings is 1. The molecule has 1 N–H and O–H groups in total. The molecule has 0 amide bonds. The number of methoxy groups -OCH3 is 1. The lowest BCUT2D eigenvalue weighted by atomic mass is 9.76. The fourth-order valence-electron chi connectivity index (χ4n) is 3.23. The maximum atomic E-state index is 5.46. The number of ether oxygens (including phenoxy) is 1. The number of hydrogen-bond acceptors (Lipinski definition) is 2. The SMILES string of the molecule is COc1cccc2c1C[C@H]1NCCC[C@@H]1C2. The van der Waals surface area contributed by atoms with Crippen molar-refractivity contribution >= 4 is 0 Å². The first kappa shape index (κ1) is 10.2. The van der Waals surface area contributed by atoms with Crippen molar-refractivity contribution in [2.24, 2.45) is 5.92 Å². The lowest BCUT2D eigenvalue weighted by Gasteiger charge is -2.37. The summed E-state index contributed by atoms with van der Waals surface area (Å²) in [5.74, 6) is 1.91. The summed E-state index contributed by atoms with van der Waals surface area (Å²) in [5, 5.41) is 3.66. The van der Waals surface area contributed by atoms with Gasteiger partial charge in [0.15, 0.2) is 0 Å². The maximum Gasteiger partial charge on any atom is 0.122 e. The summed E-state index contributed by atoms with van der Waals surface area (Å²) in [7, 11) is 1.77. The van der Waals surface area contributed by atoms with Crippen LogP contribution in [0.1, 0.15) is 24.0 Å². The van der Waals surface area contributed by atoms with Crippen LogP contribution in [-0.2, 0) is 12.8 Å². The molecule has 0 unspecified atom stereocenters. The molecular weight excluding hydrogens is 198 g/mol. The highest BCUT2D eigenvalue weighted by molar-refractivity contribution is 5.43. The molecule has 1 aliphatic heterocycles. The Balaban J connectivity index is 1.95. The zero-order valence-corrected chi connectivity index (χ0v) is 9.83. The van der Waals surface area contributed by atoms with Crippen LogP contribution in [0.3, 0.4) is 0 Å². The highest BCUT2D eigenvalue weighted by Crippen LogP contribution is 2.35. The van der Waals surface area contributed by atoms with Crippen LogP contribution in [-0.4, -0.2) is 19.7 Å². The lowest BCUT2D eigenvalue weighted by molar-refractivity contribution is 0.260. The molecule has 1 aromatic rings. The minimum Gasteiger partial charge on any atom is -0.496 e. The summed E-state index contributed by atoms with van der Waals surface area (Å²) in [4.78, 5) is 0. The minimum absolute atomic E-state index is 0.678. The molecule has 0 spiro atoms. The predicted octanol–water partition coefficient (Wildman–Crippen LogP) is 2.16. The molecule has 1 saturated heterocycles. The smallest absolute Gasteiger partial charge is 0.122 e. The fraction of sp³-hybridized carbons (Fsp3) is 0.571. The van der Waals surface area contributed by atoms with Crippen molar-refractivity contribution in [1.82, 2.24) is 5.32 Å². The van der Waals surface area contributed by atoms with Gasteiger partial charge in [-0.05, 0) is 55.3 Å². The van der Waals surface area contributed by atoms with Crippen molar-refractivity contribution in [3.63, 3.8) is 0 Å². The van der Waals surface area contributed by atoms with E-state index >= 15 is 0 Å². The summed E-state index contributed by atoms with van der Waals surface area (Å²) in [6, 6.07) is 7.15. The summed E-state index contributed by atoms with van der Waals surface area (Å²) in [5.41, 5.74) is 2.94. The fourth-order valence-corrected chi connectivity index (χ4v) is 3.23. The van der Waals surface area contributed by atoms with Crippen LogP contribution < -0.4 is 10.1 Å². The Hall–Kier alpha value is -1.02. The Morgan fingerprint density at radius 2 is 2.25 bits per heavy atom. The molecule has 1 heterocycles. The van der Waals surface area contributed by atoms with Crippen LogP contribution in [0, 0.1) is 5.92 Å². The number of benzene rings is 1. The van der Waals surface area contributed by atoms with Gasteiger partial charge in [-0.25, -0.2) is 0 Å². The number of rotatable bonds is 1. The molecular formula is C14H19NO. The van der Waals surface area contributed by atoms with Crippen LogP contribution in [0.4, 0.5) is 0 Å². The van der Waals surface area contributed by atoms with Gasteiger partial charge < -0.3 is 10.1 Å². The van der Waals surface area contributed by atoms with Crippen molar-refractivity contribution in [2.45, 2.75) is 31.7 Å². The second-order valence-electron chi connectivity index (χ2n) is 4.97. The van der Waals surface area contributed by atoms with Gasteiger partial charge in [-0.2, -0.15) is 0 Å². The van der Waals surface area contributed by atoms with Gasteiger partial charge in [-0.3, -0.25) is 0 Å². The van der Waals surface area contributed by atoms with Gasteiger partial charge in [0, 0.05) is 6.04 Å². The van der Waals surface area contributed by atoms with Crippen molar-refractivity contribution < 1.29 is 4.74 Å². The molecule has 1 aliphatic carbocycles. The van der Waals surface area contributed by atoms with Crippen molar-refractivity contribution in [3.05, 3.63) is 29.3 Å².